The number of halogens is 1. The van der Waals surface area contributed by atoms with Gasteiger partial charge in [0.2, 0.25) is 5.89 Å². The Morgan fingerprint density at radius 1 is 0.963 bits per heavy atom. The normalized spacial score (nSPS) is 10.7. The van der Waals surface area contributed by atoms with Crippen LogP contribution in [0.15, 0.2) is 69.8 Å². The standard InChI is InChI=1S/C19H13FN4O3/c20-14-8-6-13(7-9-14)19-23-16(24-27-19)10-21-17(25)15-11-26-18(22-15)12-4-2-1-3-5-12/h1-9,11H,10H2,(H,21,25). The summed E-state index contributed by atoms with van der Waals surface area (Å²) in [5.74, 6) is 0.114. The molecule has 2 aromatic heterocycles. The summed E-state index contributed by atoms with van der Waals surface area (Å²) in [7, 11) is 0. The minimum atomic E-state index is -0.422. The zero-order valence-corrected chi connectivity index (χ0v) is 13.9. The summed E-state index contributed by atoms with van der Waals surface area (Å²) in [6, 6.07) is 14.9. The first-order chi connectivity index (χ1) is 13.2. The molecule has 134 valence electrons. The number of hydrogen-bond donors (Lipinski definition) is 1. The molecule has 4 rings (SSSR count). The molecule has 27 heavy (non-hydrogen) atoms. The number of nitrogens with one attached hydrogen (secondary N) is 1. The average molecular weight is 364 g/mol. The van der Waals surface area contributed by atoms with Gasteiger partial charge in [-0.2, -0.15) is 4.98 Å². The second kappa shape index (κ2) is 7.20. The third-order valence-corrected chi connectivity index (χ3v) is 3.72. The van der Waals surface area contributed by atoms with Gasteiger partial charge in [0.15, 0.2) is 11.5 Å². The fourth-order valence-corrected chi connectivity index (χ4v) is 2.38. The van der Waals surface area contributed by atoms with Crippen molar-refractivity contribution in [2.75, 3.05) is 0 Å². The number of aromatic nitrogens is 3. The second-order valence-corrected chi connectivity index (χ2v) is 5.61. The molecule has 0 atom stereocenters. The summed E-state index contributed by atoms with van der Waals surface area (Å²) in [5, 5.41) is 6.44. The predicted octanol–water partition coefficient (Wildman–Crippen LogP) is 3.46. The topological polar surface area (TPSA) is 94.1 Å². The number of amides is 1. The van der Waals surface area contributed by atoms with Crippen molar-refractivity contribution in [2.45, 2.75) is 6.54 Å². The number of hydrogen-bond acceptors (Lipinski definition) is 6. The van der Waals surface area contributed by atoms with Gasteiger partial charge in [-0.1, -0.05) is 23.4 Å². The summed E-state index contributed by atoms with van der Waals surface area (Å²) < 4.78 is 23.4. The Bertz CT molecular complexity index is 1060. The summed E-state index contributed by atoms with van der Waals surface area (Å²) >= 11 is 0. The Kier molecular flexibility index (Phi) is 4.44. The summed E-state index contributed by atoms with van der Waals surface area (Å²) in [6.07, 6.45) is 1.29. The fraction of sp³-hybridized carbons (Fsp3) is 0.0526. The van der Waals surface area contributed by atoms with E-state index in [0.717, 1.165) is 5.56 Å². The molecular formula is C19H13FN4O3. The van der Waals surface area contributed by atoms with Gasteiger partial charge in [0, 0.05) is 11.1 Å². The largest absolute Gasteiger partial charge is 0.444 e. The van der Waals surface area contributed by atoms with E-state index < -0.39 is 5.91 Å². The second-order valence-electron chi connectivity index (χ2n) is 5.61. The van der Waals surface area contributed by atoms with Crippen molar-refractivity contribution in [2.24, 2.45) is 0 Å². The molecule has 0 aliphatic heterocycles. The quantitative estimate of drug-likeness (QED) is 0.583. The molecule has 1 N–H and O–H groups in total. The number of rotatable bonds is 5. The average Bonchev–Trinajstić information content (AvgIpc) is 3.37. The molecule has 0 radical (unpaired) electrons. The van der Waals surface area contributed by atoms with Gasteiger partial charge in [0.1, 0.15) is 12.1 Å². The van der Waals surface area contributed by atoms with Crippen LogP contribution in [0.2, 0.25) is 0 Å². The zero-order valence-electron chi connectivity index (χ0n) is 13.9. The van der Waals surface area contributed by atoms with E-state index in [1.807, 2.05) is 30.3 Å². The summed E-state index contributed by atoms with van der Waals surface area (Å²) in [6.45, 7) is 0.0526. The molecule has 8 heteroatoms. The lowest BCUT2D eigenvalue weighted by atomic mass is 10.2. The van der Waals surface area contributed by atoms with Crippen molar-refractivity contribution in [3.63, 3.8) is 0 Å². The number of carbonyl (C=O) groups excluding carboxylic acids is 1. The van der Waals surface area contributed by atoms with Gasteiger partial charge < -0.3 is 14.3 Å². The van der Waals surface area contributed by atoms with Crippen molar-refractivity contribution < 1.29 is 18.1 Å². The maximum Gasteiger partial charge on any atom is 0.273 e. The molecule has 0 aliphatic rings. The highest BCUT2D eigenvalue weighted by Gasteiger charge is 2.15. The Labute approximate surface area is 152 Å². The van der Waals surface area contributed by atoms with Crippen LogP contribution in [0, 0.1) is 5.82 Å². The van der Waals surface area contributed by atoms with Crippen molar-refractivity contribution in [3.8, 4) is 22.9 Å². The van der Waals surface area contributed by atoms with E-state index in [9.17, 15) is 9.18 Å². The van der Waals surface area contributed by atoms with Crippen molar-refractivity contribution >= 4 is 5.91 Å². The number of carbonyl (C=O) groups is 1. The minimum absolute atomic E-state index is 0.0526. The Morgan fingerprint density at radius 2 is 1.70 bits per heavy atom. The van der Waals surface area contributed by atoms with Crippen molar-refractivity contribution in [1.29, 1.82) is 0 Å². The highest BCUT2D eigenvalue weighted by Crippen LogP contribution is 2.19. The number of benzene rings is 2. The van der Waals surface area contributed by atoms with Crippen LogP contribution in [0.4, 0.5) is 4.39 Å². The van der Waals surface area contributed by atoms with Crippen LogP contribution in [0.3, 0.4) is 0 Å². The summed E-state index contributed by atoms with van der Waals surface area (Å²) in [5.41, 5.74) is 1.51. The SMILES string of the molecule is O=C(NCc1noc(-c2ccc(F)cc2)n1)c1coc(-c2ccccc2)n1. The minimum Gasteiger partial charge on any atom is -0.444 e. The van der Waals surface area contributed by atoms with E-state index in [1.54, 1.807) is 0 Å². The molecule has 1 amide bonds. The fourth-order valence-electron chi connectivity index (χ4n) is 2.38. The third kappa shape index (κ3) is 3.74. The molecule has 7 nitrogen and oxygen atoms in total. The molecule has 0 aliphatic carbocycles. The van der Waals surface area contributed by atoms with Gasteiger partial charge in [-0.05, 0) is 36.4 Å². The highest BCUT2D eigenvalue weighted by molar-refractivity contribution is 5.92. The summed E-state index contributed by atoms with van der Waals surface area (Å²) in [4.78, 5) is 20.6. The first kappa shape index (κ1) is 16.6. The van der Waals surface area contributed by atoms with Crippen LogP contribution in [0.25, 0.3) is 22.9 Å². The smallest absolute Gasteiger partial charge is 0.273 e. The third-order valence-electron chi connectivity index (χ3n) is 3.72. The van der Waals surface area contributed by atoms with E-state index in [2.05, 4.69) is 20.4 Å². The van der Waals surface area contributed by atoms with Crippen LogP contribution >= 0.6 is 0 Å². The van der Waals surface area contributed by atoms with E-state index in [1.165, 1.54) is 30.5 Å². The van der Waals surface area contributed by atoms with Crippen LogP contribution in [0.1, 0.15) is 16.3 Å². The molecule has 2 aromatic carbocycles. The molecule has 0 bridgehead atoms. The Morgan fingerprint density at radius 3 is 2.48 bits per heavy atom. The van der Waals surface area contributed by atoms with Gasteiger partial charge >= 0.3 is 0 Å². The first-order valence-corrected chi connectivity index (χ1v) is 8.07. The molecular weight excluding hydrogens is 351 g/mol. The molecule has 2 heterocycles. The molecule has 0 unspecified atom stereocenters. The van der Waals surface area contributed by atoms with Crippen LogP contribution < -0.4 is 5.32 Å². The van der Waals surface area contributed by atoms with E-state index in [0.29, 0.717) is 11.5 Å². The maximum absolute atomic E-state index is 13.0. The van der Waals surface area contributed by atoms with Gasteiger partial charge in [0.05, 0.1) is 6.54 Å². The van der Waals surface area contributed by atoms with Gasteiger partial charge in [0.25, 0.3) is 11.8 Å². The Balaban J connectivity index is 1.40. The highest BCUT2D eigenvalue weighted by atomic mass is 19.1. The first-order valence-electron chi connectivity index (χ1n) is 8.07. The molecule has 0 saturated heterocycles. The molecule has 0 fully saturated rings. The van der Waals surface area contributed by atoms with E-state index in [4.69, 9.17) is 8.94 Å². The lowest BCUT2D eigenvalue weighted by molar-refractivity contribution is 0.0944. The van der Waals surface area contributed by atoms with Gasteiger partial charge in [-0.15, -0.1) is 0 Å². The van der Waals surface area contributed by atoms with Crippen LogP contribution in [-0.2, 0) is 6.54 Å². The van der Waals surface area contributed by atoms with E-state index in [-0.39, 0.29) is 29.8 Å². The van der Waals surface area contributed by atoms with Gasteiger partial charge in [-0.25, -0.2) is 9.37 Å². The molecule has 0 spiro atoms. The predicted molar refractivity (Wildman–Crippen MR) is 92.8 cm³/mol. The van der Waals surface area contributed by atoms with Crippen molar-refractivity contribution in [1.82, 2.24) is 20.4 Å². The number of nitrogens with zero attached hydrogens (tertiary/aromatic N) is 3. The lowest BCUT2D eigenvalue weighted by Gasteiger charge is -1.97. The molecule has 4 aromatic rings. The van der Waals surface area contributed by atoms with Crippen LogP contribution in [0.5, 0.6) is 0 Å². The Hall–Kier alpha value is -3.81. The zero-order chi connectivity index (χ0) is 18.6. The van der Waals surface area contributed by atoms with Gasteiger partial charge in [-0.3, -0.25) is 4.79 Å². The lowest BCUT2D eigenvalue weighted by Crippen LogP contribution is -2.23. The molecule has 0 saturated carbocycles. The monoisotopic (exact) mass is 364 g/mol. The van der Waals surface area contributed by atoms with E-state index >= 15 is 0 Å². The van der Waals surface area contributed by atoms with Crippen LogP contribution in [-0.4, -0.2) is 21.0 Å². The van der Waals surface area contributed by atoms with Crippen molar-refractivity contribution in [3.05, 3.63) is 78.2 Å². The number of oxazole rings is 1. The maximum atomic E-state index is 13.0.